The zero-order valence-corrected chi connectivity index (χ0v) is 16.8. The van der Waals surface area contributed by atoms with Crippen molar-refractivity contribution in [1.82, 2.24) is 14.7 Å². The zero-order chi connectivity index (χ0) is 20.1. The highest BCUT2D eigenvalue weighted by molar-refractivity contribution is 6.07. The summed E-state index contributed by atoms with van der Waals surface area (Å²) in [5.74, 6) is 1.83. The third-order valence-electron chi connectivity index (χ3n) is 5.67. The topological polar surface area (TPSA) is 64.2 Å². The molecule has 5 rings (SSSR count). The van der Waals surface area contributed by atoms with Crippen molar-refractivity contribution in [3.8, 4) is 11.1 Å². The van der Waals surface area contributed by atoms with Crippen LogP contribution in [0.3, 0.4) is 0 Å². The highest BCUT2D eigenvalue weighted by Crippen LogP contribution is 2.38. The molecule has 1 saturated heterocycles. The molecule has 0 bridgehead atoms. The van der Waals surface area contributed by atoms with Crippen LogP contribution in [0.1, 0.15) is 29.3 Å². The number of aryl methyl sites for hydroxylation is 3. The van der Waals surface area contributed by atoms with E-state index in [0.29, 0.717) is 6.42 Å². The van der Waals surface area contributed by atoms with Crippen molar-refractivity contribution < 1.29 is 9.32 Å². The Morgan fingerprint density at radius 1 is 1.10 bits per heavy atom. The lowest BCUT2D eigenvalue weighted by Gasteiger charge is -2.31. The van der Waals surface area contributed by atoms with Crippen LogP contribution in [0.5, 0.6) is 0 Å². The molecule has 0 spiro atoms. The lowest BCUT2D eigenvalue weighted by molar-refractivity contribution is -0.122. The van der Waals surface area contributed by atoms with Gasteiger partial charge in [0.2, 0.25) is 5.91 Å². The largest absolute Gasteiger partial charge is 0.361 e. The number of carbonyl (C=O) groups is 1. The Labute approximate surface area is 168 Å². The van der Waals surface area contributed by atoms with Crippen molar-refractivity contribution >= 4 is 22.6 Å². The maximum Gasteiger partial charge on any atom is 0.228 e. The van der Waals surface area contributed by atoms with Crippen molar-refractivity contribution in [3.05, 3.63) is 65.3 Å². The molecule has 1 fully saturated rings. The number of nitrogens with zero attached hydrogens (tertiary/aromatic N) is 4. The van der Waals surface area contributed by atoms with Crippen molar-refractivity contribution in [3.63, 3.8) is 0 Å². The van der Waals surface area contributed by atoms with E-state index < -0.39 is 0 Å². The Morgan fingerprint density at radius 2 is 1.90 bits per heavy atom. The zero-order valence-electron chi connectivity index (χ0n) is 16.8. The summed E-state index contributed by atoms with van der Waals surface area (Å²) in [5.41, 5.74) is 6.76. The summed E-state index contributed by atoms with van der Waals surface area (Å²) in [6, 6.07) is 14.5. The maximum absolute atomic E-state index is 12.2. The highest BCUT2D eigenvalue weighted by Gasteiger charge is 2.29. The average Bonchev–Trinajstić information content (AvgIpc) is 3.20. The second-order valence-electron chi connectivity index (χ2n) is 7.59. The fourth-order valence-corrected chi connectivity index (χ4v) is 4.10. The quantitative estimate of drug-likeness (QED) is 0.488. The van der Waals surface area contributed by atoms with Gasteiger partial charge >= 0.3 is 0 Å². The first-order valence-corrected chi connectivity index (χ1v) is 9.81. The third kappa shape index (κ3) is 2.83. The molecule has 3 heterocycles. The van der Waals surface area contributed by atoms with Crippen LogP contribution in [0.25, 0.3) is 22.2 Å². The van der Waals surface area contributed by atoms with Crippen molar-refractivity contribution in [2.75, 3.05) is 11.4 Å². The number of imidazole rings is 1. The minimum Gasteiger partial charge on any atom is -0.361 e. The first-order chi connectivity index (χ1) is 14.0. The fraction of sp³-hybridized carbons (Fsp3) is 0.261. The molecule has 0 N–H and O–H groups in total. The molecular weight excluding hydrogens is 364 g/mol. The van der Waals surface area contributed by atoms with E-state index in [1.807, 2.05) is 49.9 Å². The minimum atomic E-state index is 0.137. The predicted octanol–water partition coefficient (Wildman–Crippen LogP) is 4.40. The number of β-lactam (4-membered cyclic amide) rings is 1. The van der Waals surface area contributed by atoms with E-state index in [2.05, 4.69) is 27.9 Å². The molecule has 29 heavy (non-hydrogen) atoms. The van der Waals surface area contributed by atoms with Crippen LogP contribution in [0.15, 0.2) is 47.0 Å². The van der Waals surface area contributed by atoms with Gasteiger partial charge in [0.1, 0.15) is 17.1 Å². The molecule has 1 amide bonds. The van der Waals surface area contributed by atoms with E-state index >= 15 is 0 Å². The summed E-state index contributed by atoms with van der Waals surface area (Å²) >= 11 is 0. The summed E-state index contributed by atoms with van der Waals surface area (Å²) in [5, 5.41) is 4.11. The molecule has 146 valence electrons. The number of hydrogen-bond acceptors (Lipinski definition) is 4. The van der Waals surface area contributed by atoms with Crippen molar-refractivity contribution in [2.45, 2.75) is 33.7 Å². The van der Waals surface area contributed by atoms with Crippen LogP contribution in [-0.4, -0.2) is 27.2 Å². The highest BCUT2D eigenvalue weighted by atomic mass is 16.5. The average molecular weight is 386 g/mol. The molecule has 2 aromatic carbocycles. The van der Waals surface area contributed by atoms with E-state index in [4.69, 9.17) is 9.51 Å². The molecular formula is C23H22N4O2. The minimum absolute atomic E-state index is 0.137. The van der Waals surface area contributed by atoms with Gasteiger partial charge in [0.05, 0.1) is 16.9 Å². The molecule has 0 saturated carbocycles. The van der Waals surface area contributed by atoms with Crippen LogP contribution >= 0.6 is 0 Å². The third-order valence-corrected chi connectivity index (χ3v) is 5.67. The van der Waals surface area contributed by atoms with Gasteiger partial charge in [-0.25, -0.2) is 4.98 Å². The molecule has 0 aliphatic carbocycles. The van der Waals surface area contributed by atoms with Gasteiger partial charge < -0.3 is 14.0 Å². The van der Waals surface area contributed by atoms with Crippen LogP contribution in [0.4, 0.5) is 5.69 Å². The van der Waals surface area contributed by atoms with Gasteiger partial charge in [0, 0.05) is 25.1 Å². The maximum atomic E-state index is 12.2. The van der Waals surface area contributed by atoms with Crippen LogP contribution in [0.2, 0.25) is 0 Å². The number of fused-ring (bicyclic) bond motifs is 1. The Bertz CT molecular complexity index is 1220. The molecule has 1 aliphatic heterocycles. The first kappa shape index (κ1) is 17.7. The Morgan fingerprint density at radius 3 is 2.52 bits per heavy atom. The van der Waals surface area contributed by atoms with E-state index in [-0.39, 0.29) is 5.91 Å². The van der Waals surface area contributed by atoms with Gasteiger partial charge in [0.25, 0.3) is 0 Å². The van der Waals surface area contributed by atoms with Gasteiger partial charge in [-0.2, -0.15) is 0 Å². The van der Waals surface area contributed by atoms with E-state index in [0.717, 1.165) is 58.2 Å². The van der Waals surface area contributed by atoms with E-state index in [1.165, 1.54) is 5.56 Å². The standard InChI is InChI=1S/C23H22N4O2/c1-14-22(15(2)29-25-14)18-11-19(26-10-9-21(26)28)23-20(12-18)27(16(3)24-23)13-17-7-5-4-6-8-17/h4-8,11-12H,9-10,13H2,1-3H3. The molecule has 0 radical (unpaired) electrons. The lowest BCUT2D eigenvalue weighted by Crippen LogP contribution is -2.43. The second-order valence-corrected chi connectivity index (χ2v) is 7.59. The Kier molecular flexibility index (Phi) is 4.01. The normalized spacial score (nSPS) is 13.9. The van der Waals surface area contributed by atoms with Crippen molar-refractivity contribution in [1.29, 1.82) is 0 Å². The van der Waals surface area contributed by atoms with Crippen LogP contribution in [-0.2, 0) is 11.3 Å². The summed E-state index contributed by atoms with van der Waals surface area (Å²) in [4.78, 5) is 18.9. The van der Waals surface area contributed by atoms with Crippen LogP contribution in [0, 0.1) is 20.8 Å². The molecule has 6 nitrogen and oxygen atoms in total. The molecule has 0 atom stereocenters. The summed E-state index contributed by atoms with van der Waals surface area (Å²) < 4.78 is 7.61. The van der Waals surface area contributed by atoms with Gasteiger partial charge in [-0.05, 0) is 44.0 Å². The lowest BCUT2D eigenvalue weighted by atomic mass is 10.0. The SMILES string of the molecule is Cc1noc(C)c1-c1cc(N2CCC2=O)c2nc(C)n(Cc3ccccc3)c2c1. The first-order valence-electron chi connectivity index (χ1n) is 9.81. The summed E-state index contributed by atoms with van der Waals surface area (Å²) in [7, 11) is 0. The van der Waals surface area contributed by atoms with Crippen LogP contribution < -0.4 is 4.90 Å². The Balaban J connectivity index is 1.75. The Hall–Kier alpha value is -3.41. The molecule has 4 aromatic rings. The number of anilines is 1. The van der Waals surface area contributed by atoms with Crippen molar-refractivity contribution in [2.24, 2.45) is 0 Å². The summed E-state index contributed by atoms with van der Waals surface area (Å²) in [6.07, 6.45) is 0.584. The van der Waals surface area contributed by atoms with E-state index in [1.54, 1.807) is 0 Å². The molecule has 6 heteroatoms. The van der Waals surface area contributed by atoms with Gasteiger partial charge in [0.15, 0.2) is 0 Å². The molecule has 2 aromatic heterocycles. The second kappa shape index (κ2) is 6.58. The number of aromatic nitrogens is 3. The van der Waals surface area contributed by atoms with E-state index in [9.17, 15) is 4.79 Å². The number of benzene rings is 2. The number of amides is 1. The monoisotopic (exact) mass is 386 g/mol. The number of rotatable bonds is 4. The smallest absolute Gasteiger partial charge is 0.228 e. The number of carbonyl (C=O) groups excluding carboxylic acids is 1. The number of hydrogen-bond donors (Lipinski definition) is 0. The van der Waals surface area contributed by atoms with Gasteiger partial charge in [-0.15, -0.1) is 0 Å². The van der Waals surface area contributed by atoms with Gasteiger partial charge in [-0.1, -0.05) is 35.5 Å². The summed E-state index contributed by atoms with van der Waals surface area (Å²) in [6.45, 7) is 7.32. The fourth-order valence-electron chi connectivity index (χ4n) is 4.10. The van der Waals surface area contributed by atoms with Gasteiger partial charge in [-0.3, -0.25) is 4.79 Å². The predicted molar refractivity (Wildman–Crippen MR) is 112 cm³/mol. The molecule has 0 unspecified atom stereocenters. The molecule has 1 aliphatic rings.